The summed E-state index contributed by atoms with van der Waals surface area (Å²) in [4.78, 5) is 2.36. The number of benzene rings is 1. The fourth-order valence-electron chi connectivity index (χ4n) is 2.54. The highest BCUT2D eigenvalue weighted by atomic mass is 35.5. The summed E-state index contributed by atoms with van der Waals surface area (Å²) in [7, 11) is -0.403. The molecule has 122 valence electrons. The molecular formula is C17H27BClNO2. The molecule has 1 aromatic carbocycles. The monoisotopic (exact) mass is 323 g/mol. The summed E-state index contributed by atoms with van der Waals surface area (Å²) >= 11 is 6.49. The van der Waals surface area contributed by atoms with Crippen molar-refractivity contribution in [3.05, 3.63) is 28.8 Å². The Balaban J connectivity index is 2.18. The van der Waals surface area contributed by atoms with Crippen LogP contribution in [0, 0.1) is 0 Å². The van der Waals surface area contributed by atoms with Crippen molar-refractivity contribution in [2.24, 2.45) is 0 Å². The van der Waals surface area contributed by atoms with Gasteiger partial charge in [0.25, 0.3) is 0 Å². The van der Waals surface area contributed by atoms with E-state index in [1.54, 1.807) is 0 Å². The first-order chi connectivity index (χ1) is 10.2. The molecule has 3 nitrogen and oxygen atoms in total. The van der Waals surface area contributed by atoms with E-state index in [1.807, 2.05) is 12.1 Å². The average Bonchev–Trinajstić information content (AvgIpc) is 2.64. The van der Waals surface area contributed by atoms with Crippen LogP contribution in [-0.2, 0) is 15.9 Å². The maximum absolute atomic E-state index is 6.49. The van der Waals surface area contributed by atoms with Crippen LogP contribution in [0.3, 0.4) is 0 Å². The van der Waals surface area contributed by atoms with E-state index in [4.69, 9.17) is 20.9 Å². The van der Waals surface area contributed by atoms with Crippen molar-refractivity contribution in [3.63, 3.8) is 0 Å². The van der Waals surface area contributed by atoms with Gasteiger partial charge in [-0.3, -0.25) is 4.90 Å². The average molecular weight is 324 g/mol. The molecule has 0 aliphatic carbocycles. The highest BCUT2D eigenvalue weighted by Crippen LogP contribution is 2.37. The Bertz CT molecular complexity index is 513. The highest BCUT2D eigenvalue weighted by molar-refractivity contribution is 6.65. The zero-order chi connectivity index (χ0) is 16.5. The molecule has 0 bridgehead atoms. The van der Waals surface area contributed by atoms with Crippen LogP contribution in [0.25, 0.3) is 0 Å². The fourth-order valence-corrected chi connectivity index (χ4v) is 2.83. The Morgan fingerprint density at radius 2 is 1.59 bits per heavy atom. The lowest BCUT2D eigenvalue weighted by molar-refractivity contribution is 0.00578. The minimum atomic E-state index is -0.403. The summed E-state index contributed by atoms with van der Waals surface area (Å²) in [6.07, 6.45) is 0. The highest BCUT2D eigenvalue weighted by Gasteiger charge is 2.52. The number of rotatable bonds is 5. The van der Waals surface area contributed by atoms with Gasteiger partial charge in [0, 0.05) is 17.0 Å². The molecule has 2 rings (SSSR count). The van der Waals surface area contributed by atoms with Gasteiger partial charge in [0.1, 0.15) is 0 Å². The molecule has 1 aliphatic heterocycles. The third-order valence-electron chi connectivity index (χ3n) is 4.87. The van der Waals surface area contributed by atoms with Gasteiger partial charge in [0.2, 0.25) is 0 Å². The molecule has 1 fully saturated rings. The molecule has 1 aromatic rings. The van der Waals surface area contributed by atoms with Crippen LogP contribution in [0.15, 0.2) is 18.2 Å². The minimum absolute atomic E-state index is 0.346. The van der Waals surface area contributed by atoms with E-state index < -0.39 is 7.12 Å². The van der Waals surface area contributed by atoms with E-state index in [9.17, 15) is 0 Å². The van der Waals surface area contributed by atoms with Crippen molar-refractivity contribution in [1.29, 1.82) is 0 Å². The number of nitrogens with zero attached hydrogens (tertiary/aromatic N) is 1. The molecule has 22 heavy (non-hydrogen) atoms. The first-order valence-electron chi connectivity index (χ1n) is 8.06. The van der Waals surface area contributed by atoms with Crippen LogP contribution in [0.1, 0.15) is 47.1 Å². The van der Waals surface area contributed by atoms with Crippen molar-refractivity contribution in [2.75, 3.05) is 13.1 Å². The standard InChI is InChI=1S/C17H27BClNO2/c1-7-20(8-2)12-13-9-10-14(15(19)11-13)18-21-16(3,4)17(5,6)22-18/h9-11H,7-8,12H2,1-6H3. The lowest BCUT2D eigenvalue weighted by Gasteiger charge is -2.32. The molecule has 0 saturated carbocycles. The maximum Gasteiger partial charge on any atom is 0.496 e. The van der Waals surface area contributed by atoms with Crippen molar-refractivity contribution in [3.8, 4) is 0 Å². The molecule has 1 saturated heterocycles. The maximum atomic E-state index is 6.49. The Morgan fingerprint density at radius 3 is 2.05 bits per heavy atom. The van der Waals surface area contributed by atoms with Gasteiger partial charge >= 0.3 is 7.12 Å². The van der Waals surface area contributed by atoms with Gasteiger partial charge < -0.3 is 9.31 Å². The molecule has 0 unspecified atom stereocenters. The van der Waals surface area contributed by atoms with E-state index in [-0.39, 0.29) is 11.2 Å². The third-order valence-corrected chi connectivity index (χ3v) is 5.20. The van der Waals surface area contributed by atoms with Crippen LogP contribution < -0.4 is 5.46 Å². The van der Waals surface area contributed by atoms with Crippen molar-refractivity contribution >= 4 is 24.2 Å². The largest absolute Gasteiger partial charge is 0.496 e. The van der Waals surface area contributed by atoms with E-state index in [1.165, 1.54) is 5.56 Å². The van der Waals surface area contributed by atoms with E-state index >= 15 is 0 Å². The summed E-state index contributed by atoms with van der Waals surface area (Å²) in [6.45, 7) is 15.5. The Hall–Kier alpha value is -0.545. The van der Waals surface area contributed by atoms with Crippen LogP contribution in [0.2, 0.25) is 5.02 Å². The van der Waals surface area contributed by atoms with Gasteiger partial charge in [-0.2, -0.15) is 0 Å². The van der Waals surface area contributed by atoms with Crippen molar-refractivity contribution < 1.29 is 9.31 Å². The van der Waals surface area contributed by atoms with E-state index in [0.29, 0.717) is 5.02 Å². The van der Waals surface area contributed by atoms with Gasteiger partial charge in [-0.1, -0.05) is 37.6 Å². The van der Waals surface area contributed by atoms with Gasteiger partial charge in [0.05, 0.1) is 11.2 Å². The molecular weight excluding hydrogens is 296 g/mol. The predicted octanol–water partition coefficient (Wildman–Crippen LogP) is 3.48. The quantitative estimate of drug-likeness (QED) is 0.774. The van der Waals surface area contributed by atoms with Gasteiger partial charge in [-0.05, 0) is 52.4 Å². The van der Waals surface area contributed by atoms with Crippen LogP contribution in [0.5, 0.6) is 0 Å². The molecule has 5 heteroatoms. The van der Waals surface area contributed by atoms with Crippen LogP contribution in [0.4, 0.5) is 0 Å². The van der Waals surface area contributed by atoms with Crippen LogP contribution in [-0.4, -0.2) is 36.3 Å². The van der Waals surface area contributed by atoms with Gasteiger partial charge in [0.15, 0.2) is 0 Å². The van der Waals surface area contributed by atoms with Crippen molar-refractivity contribution in [2.45, 2.75) is 59.3 Å². The number of hydrogen-bond acceptors (Lipinski definition) is 3. The van der Waals surface area contributed by atoms with Crippen molar-refractivity contribution in [1.82, 2.24) is 4.90 Å². The summed E-state index contributed by atoms with van der Waals surface area (Å²) in [5.41, 5.74) is 1.43. The lowest BCUT2D eigenvalue weighted by Crippen LogP contribution is -2.41. The molecule has 0 spiro atoms. The second kappa shape index (κ2) is 6.52. The first kappa shape index (κ1) is 17.8. The summed E-state index contributed by atoms with van der Waals surface area (Å²) < 4.78 is 12.2. The minimum Gasteiger partial charge on any atom is -0.399 e. The SMILES string of the molecule is CCN(CC)Cc1ccc(B2OC(C)(C)C(C)(C)O2)c(Cl)c1. The zero-order valence-electron chi connectivity index (χ0n) is 14.6. The zero-order valence-corrected chi connectivity index (χ0v) is 15.3. The van der Waals surface area contributed by atoms with E-state index in [2.05, 4.69) is 52.5 Å². The third kappa shape index (κ3) is 3.51. The molecule has 1 heterocycles. The summed E-state index contributed by atoms with van der Waals surface area (Å²) in [6, 6.07) is 6.17. The van der Waals surface area contributed by atoms with Gasteiger partial charge in [-0.25, -0.2) is 0 Å². The lowest BCUT2D eigenvalue weighted by atomic mass is 9.78. The predicted molar refractivity (Wildman–Crippen MR) is 93.8 cm³/mol. The molecule has 0 atom stereocenters. The van der Waals surface area contributed by atoms with Gasteiger partial charge in [-0.15, -0.1) is 0 Å². The first-order valence-corrected chi connectivity index (χ1v) is 8.44. The number of hydrogen-bond donors (Lipinski definition) is 0. The Kier molecular flexibility index (Phi) is 5.28. The Morgan fingerprint density at radius 1 is 1.05 bits per heavy atom. The summed E-state index contributed by atoms with van der Waals surface area (Å²) in [5, 5.41) is 0.711. The number of halogens is 1. The second-order valence-corrected chi connectivity index (χ2v) is 7.31. The topological polar surface area (TPSA) is 21.7 Å². The normalized spacial score (nSPS) is 19.9. The molecule has 0 amide bonds. The van der Waals surface area contributed by atoms with Crippen LogP contribution >= 0.6 is 11.6 Å². The smallest absolute Gasteiger partial charge is 0.399 e. The fraction of sp³-hybridized carbons (Fsp3) is 0.647. The second-order valence-electron chi connectivity index (χ2n) is 6.91. The summed E-state index contributed by atoms with van der Waals surface area (Å²) in [5.74, 6) is 0. The van der Waals surface area contributed by atoms with E-state index in [0.717, 1.165) is 25.1 Å². The molecule has 0 N–H and O–H groups in total. The molecule has 0 radical (unpaired) electrons. The Labute approximate surface area is 140 Å². The molecule has 0 aromatic heterocycles. The molecule has 1 aliphatic rings.